The highest BCUT2D eigenvalue weighted by molar-refractivity contribution is 7.70. The molecule has 0 radical (unpaired) electrons. The van der Waals surface area contributed by atoms with E-state index in [1.165, 1.54) is 4.90 Å². The lowest BCUT2D eigenvalue weighted by Gasteiger charge is -2.34. The highest BCUT2D eigenvalue weighted by Crippen LogP contribution is 2.61. The van der Waals surface area contributed by atoms with Gasteiger partial charge in [-0.1, -0.05) is 6.42 Å². The van der Waals surface area contributed by atoms with Crippen LogP contribution in [0.5, 0.6) is 0 Å². The predicted molar refractivity (Wildman–Crippen MR) is 53.3 cm³/mol. The smallest absolute Gasteiger partial charge is 0.323 e. The van der Waals surface area contributed by atoms with Crippen molar-refractivity contribution in [1.82, 2.24) is 4.90 Å². The highest BCUT2D eigenvalue weighted by Gasteiger charge is 2.47. The fourth-order valence-corrected chi connectivity index (χ4v) is 4.65. The third-order valence-corrected chi connectivity index (χ3v) is 5.98. The Kier molecular flexibility index (Phi) is 4.12. The monoisotopic (exact) mass is 259 g/mol. The second-order valence-corrected chi connectivity index (χ2v) is 7.36. The first kappa shape index (κ1) is 13.3. The molecular weight excluding hydrogens is 244 g/mol. The molecule has 7 nitrogen and oxygen atoms in total. The molecule has 0 atom stereocenters. The maximum Gasteiger partial charge on any atom is 0.354 e. The van der Waals surface area contributed by atoms with Crippen molar-refractivity contribution in [2.45, 2.75) is 24.8 Å². The van der Waals surface area contributed by atoms with Crippen LogP contribution in [0.3, 0.4) is 0 Å². The van der Waals surface area contributed by atoms with Crippen LogP contribution in [0.2, 0.25) is 0 Å². The maximum atomic E-state index is 11.0. The molecule has 4 N–H and O–H groups in total. The zero-order valence-corrected chi connectivity index (χ0v) is 9.85. The van der Waals surface area contributed by atoms with Gasteiger partial charge in [-0.25, -0.2) is 0 Å². The van der Waals surface area contributed by atoms with Gasteiger partial charge in [0.25, 0.3) is 0 Å². The Bertz CT molecular complexity index is 281. The first-order valence-electron chi connectivity index (χ1n) is 4.57. The number of nitrogens with zero attached hydrogens (tertiary/aromatic N) is 1. The lowest BCUT2D eigenvalue weighted by molar-refractivity contribution is 0.196. The molecule has 0 aromatic rings. The summed E-state index contributed by atoms with van der Waals surface area (Å²) in [6.45, 7) is 0.641. The molecule has 15 heavy (non-hydrogen) atoms. The van der Waals surface area contributed by atoms with Crippen LogP contribution in [0.15, 0.2) is 0 Å². The fourth-order valence-electron chi connectivity index (χ4n) is 1.77. The van der Waals surface area contributed by atoms with Gasteiger partial charge in [0, 0.05) is 0 Å². The second-order valence-electron chi connectivity index (χ2n) is 3.62. The van der Waals surface area contributed by atoms with Gasteiger partial charge in [-0.15, -0.1) is 0 Å². The molecule has 0 aromatic heterocycles. The molecule has 1 heterocycles. The van der Waals surface area contributed by atoms with Crippen molar-refractivity contribution in [3.05, 3.63) is 0 Å². The standard InChI is InChI=1S/C6H15NO6P2/c8-14(9,10)6(15(11,12)13)7-4-2-1-3-5-7/h6H,1-5H2,(H2,8,9,10)(H2,11,12,13). The van der Waals surface area contributed by atoms with Crippen molar-refractivity contribution in [2.24, 2.45) is 0 Å². The molecule has 90 valence electrons. The van der Waals surface area contributed by atoms with Gasteiger partial charge < -0.3 is 19.6 Å². The number of hydrogen-bond donors (Lipinski definition) is 4. The zero-order chi connectivity index (χ0) is 11.7. The van der Waals surface area contributed by atoms with Crippen LogP contribution in [0, 0.1) is 0 Å². The summed E-state index contributed by atoms with van der Waals surface area (Å²) >= 11 is 0. The molecule has 1 aliphatic rings. The van der Waals surface area contributed by atoms with Crippen LogP contribution < -0.4 is 0 Å². The largest absolute Gasteiger partial charge is 0.354 e. The van der Waals surface area contributed by atoms with Gasteiger partial charge in [0.1, 0.15) is 0 Å². The molecule has 0 aliphatic carbocycles. The van der Waals surface area contributed by atoms with E-state index in [0.717, 1.165) is 6.42 Å². The molecule has 0 saturated carbocycles. The van der Waals surface area contributed by atoms with Crippen molar-refractivity contribution in [3.8, 4) is 0 Å². The molecule has 0 aromatic carbocycles. The van der Waals surface area contributed by atoms with Crippen LogP contribution in [0.4, 0.5) is 0 Å². The minimum absolute atomic E-state index is 0.320. The van der Waals surface area contributed by atoms with E-state index in [4.69, 9.17) is 19.6 Å². The van der Waals surface area contributed by atoms with Crippen LogP contribution >= 0.6 is 15.2 Å². The van der Waals surface area contributed by atoms with E-state index in [0.29, 0.717) is 25.9 Å². The predicted octanol–water partition coefficient (Wildman–Crippen LogP) is 0.111. The first-order chi connectivity index (χ1) is 6.73. The molecule has 0 spiro atoms. The molecule has 0 unspecified atom stereocenters. The summed E-state index contributed by atoms with van der Waals surface area (Å²) in [4.78, 5) is 37.0. The summed E-state index contributed by atoms with van der Waals surface area (Å²) in [6, 6.07) is 0. The van der Waals surface area contributed by atoms with Crippen LogP contribution in [-0.4, -0.2) is 43.1 Å². The average Bonchev–Trinajstić information content (AvgIpc) is 2.00. The van der Waals surface area contributed by atoms with Gasteiger partial charge in [-0.2, -0.15) is 0 Å². The van der Waals surface area contributed by atoms with Crippen LogP contribution in [0.25, 0.3) is 0 Å². The van der Waals surface area contributed by atoms with E-state index >= 15 is 0 Å². The third kappa shape index (κ3) is 3.64. The normalized spacial score (nSPS) is 20.9. The molecule has 1 fully saturated rings. The van der Waals surface area contributed by atoms with E-state index in [2.05, 4.69) is 0 Å². The Morgan fingerprint density at radius 2 is 1.27 bits per heavy atom. The van der Waals surface area contributed by atoms with Crippen molar-refractivity contribution in [1.29, 1.82) is 0 Å². The number of rotatable bonds is 3. The Morgan fingerprint density at radius 3 is 1.60 bits per heavy atom. The number of hydrogen-bond acceptors (Lipinski definition) is 3. The van der Waals surface area contributed by atoms with Gasteiger partial charge in [0.2, 0.25) is 5.52 Å². The quantitative estimate of drug-likeness (QED) is 0.531. The van der Waals surface area contributed by atoms with E-state index in [1.807, 2.05) is 0 Å². The molecule has 0 amide bonds. The molecular formula is C6H15NO6P2. The van der Waals surface area contributed by atoms with Gasteiger partial charge in [-0.05, 0) is 25.9 Å². The summed E-state index contributed by atoms with van der Waals surface area (Å²) in [7, 11) is -9.61. The highest BCUT2D eigenvalue weighted by atomic mass is 31.2. The molecule has 9 heteroatoms. The number of likely N-dealkylation sites (tertiary alicyclic amines) is 1. The Labute approximate surface area is 87.4 Å². The van der Waals surface area contributed by atoms with Crippen LogP contribution in [-0.2, 0) is 9.13 Å². The van der Waals surface area contributed by atoms with E-state index in [9.17, 15) is 9.13 Å². The SMILES string of the molecule is O=P(O)(O)C(N1CCCCC1)P(=O)(O)O. The zero-order valence-electron chi connectivity index (χ0n) is 8.06. The summed E-state index contributed by atoms with van der Waals surface area (Å²) in [6.07, 6.45) is 2.33. The second kappa shape index (κ2) is 4.63. The van der Waals surface area contributed by atoms with Gasteiger partial charge in [-0.3, -0.25) is 14.0 Å². The van der Waals surface area contributed by atoms with E-state index in [-0.39, 0.29) is 0 Å². The fraction of sp³-hybridized carbons (Fsp3) is 1.00. The molecule has 0 bridgehead atoms. The van der Waals surface area contributed by atoms with Gasteiger partial charge in [0.15, 0.2) is 0 Å². The third-order valence-electron chi connectivity index (χ3n) is 2.32. The van der Waals surface area contributed by atoms with Gasteiger partial charge >= 0.3 is 15.2 Å². The molecule has 1 rings (SSSR count). The van der Waals surface area contributed by atoms with E-state index < -0.39 is 20.7 Å². The summed E-state index contributed by atoms with van der Waals surface area (Å²) < 4.78 is 22.1. The maximum absolute atomic E-state index is 11.0. The van der Waals surface area contributed by atoms with Crippen molar-refractivity contribution in [3.63, 3.8) is 0 Å². The van der Waals surface area contributed by atoms with E-state index in [1.54, 1.807) is 0 Å². The Balaban J connectivity index is 2.91. The molecule has 1 aliphatic heterocycles. The average molecular weight is 259 g/mol. The lowest BCUT2D eigenvalue weighted by atomic mass is 10.1. The topological polar surface area (TPSA) is 118 Å². The van der Waals surface area contributed by atoms with Crippen molar-refractivity contribution >= 4 is 15.2 Å². The minimum atomic E-state index is -4.80. The number of piperidine rings is 1. The first-order valence-corrected chi connectivity index (χ1v) is 7.94. The van der Waals surface area contributed by atoms with Gasteiger partial charge in [0.05, 0.1) is 0 Å². The molecule has 1 saturated heterocycles. The summed E-state index contributed by atoms with van der Waals surface area (Å²) in [5.41, 5.74) is -1.97. The minimum Gasteiger partial charge on any atom is -0.323 e. The van der Waals surface area contributed by atoms with Crippen LogP contribution in [0.1, 0.15) is 19.3 Å². The Hall–Kier alpha value is 0.260. The Morgan fingerprint density at radius 1 is 0.867 bits per heavy atom. The van der Waals surface area contributed by atoms with Crippen molar-refractivity contribution in [2.75, 3.05) is 13.1 Å². The lowest BCUT2D eigenvalue weighted by Crippen LogP contribution is -2.38. The summed E-state index contributed by atoms with van der Waals surface area (Å²) in [5, 5.41) is 0. The summed E-state index contributed by atoms with van der Waals surface area (Å²) in [5.74, 6) is 0. The van der Waals surface area contributed by atoms with Crippen molar-refractivity contribution < 1.29 is 28.7 Å².